The molecular weight excluding hydrogens is 236 g/mol. The number of primary amides is 1. The number of rotatable bonds is 7. The largest absolute Gasteiger partial charge is 0.449 e. The van der Waals surface area contributed by atoms with Gasteiger partial charge in [-0.15, -0.1) is 0 Å². The molecule has 0 spiro atoms. The van der Waals surface area contributed by atoms with Gasteiger partial charge in [0.2, 0.25) is 0 Å². The van der Waals surface area contributed by atoms with E-state index in [0.29, 0.717) is 6.92 Å². The molecule has 0 saturated heterocycles. The van der Waals surface area contributed by atoms with E-state index in [1.54, 1.807) is 0 Å². The summed E-state index contributed by atoms with van der Waals surface area (Å²) < 4.78 is 101. The van der Waals surface area contributed by atoms with Crippen molar-refractivity contribution in [3.63, 3.8) is 0 Å². The van der Waals surface area contributed by atoms with Crippen LogP contribution in [-0.4, -0.2) is 31.3 Å². The van der Waals surface area contributed by atoms with Gasteiger partial charge in [-0.3, -0.25) is 0 Å². The summed E-state index contributed by atoms with van der Waals surface area (Å²) in [6.07, 6.45) is -11.5. The Morgan fingerprint density at radius 1 is 1.50 bits per heavy atom. The molecule has 0 fully saturated rings. The van der Waals surface area contributed by atoms with Crippen LogP contribution in [0.25, 0.3) is 0 Å². The van der Waals surface area contributed by atoms with E-state index in [2.05, 4.69) is 9.47 Å². The topological polar surface area (TPSA) is 90.7 Å². The predicted octanol–water partition coefficient (Wildman–Crippen LogP) is 2.02. The molecule has 0 aromatic rings. The first-order chi connectivity index (χ1) is 12.8. The summed E-state index contributed by atoms with van der Waals surface area (Å²) in [5.41, 5.74) is 1.11. The number of hydrogen-bond donors (Lipinski definition) is 2. The van der Waals surface area contributed by atoms with Gasteiger partial charge in [0.15, 0.2) is 0 Å². The molecule has 0 aliphatic heterocycles. The Balaban J connectivity index is 6.82. The van der Waals surface area contributed by atoms with Gasteiger partial charge in [-0.05, 0) is 20.2 Å². The molecule has 106 valence electrons. The number of ether oxygens (including phenoxy) is 2. The van der Waals surface area contributed by atoms with Crippen molar-refractivity contribution in [2.24, 2.45) is 11.1 Å². The molecule has 1 unspecified atom stereocenters. The summed E-state index contributed by atoms with van der Waals surface area (Å²) in [5.74, 6) is 0. The normalized spacial score (nSPS) is 28.2. The summed E-state index contributed by atoms with van der Waals surface area (Å²) >= 11 is 0. The van der Waals surface area contributed by atoms with Gasteiger partial charge in [0.1, 0.15) is 13.1 Å². The van der Waals surface area contributed by atoms with Crippen molar-refractivity contribution in [1.29, 1.82) is 0 Å². The highest BCUT2D eigenvalue weighted by molar-refractivity contribution is 5.67. The van der Waals surface area contributed by atoms with Crippen molar-refractivity contribution in [3.8, 4) is 0 Å². The second-order valence-electron chi connectivity index (χ2n) is 3.51. The average Bonchev–Trinajstić information content (AvgIpc) is 2.39. The number of carbonyl (C=O) groups is 2. The maximum Gasteiger partial charge on any atom is 0.407 e. The third kappa shape index (κ3) is 7.76. The first kappa shape index (κ1) is 5.27. The quantitative estimate of drug-likeness (QED) is 0.742. The van der Waals surface area contributed by atoms with Crippen molar-refractivity contribution >= 4 is 12.2 Å². The zero-order valence-corrected chi connectivity index (χ0v) is 10.2. The highest BCUT2D eigenvalue weighted by atomic mass is 16.6. The fraction of sp³-hybridized carbons (Fsp3) is 0.833. The molecule has 0 bridgehead atoms. The minimum Gasteiger partial charge on any atom is -0.449 e. The molecule has 18 heavy (non-hydrogen) atoms. The number of nitrogens with two attached hydrogens (primary N) is 1. The number of amides is 2. The summed E-state index contributed by atoms with van der Waals surface area (Å²) in [6.45, 7) is -8.75. The number of nitrogens with one attached hydrogen (secondary N) is 1. The Labute approximate surface area is 125 Å². The molecule has 0 saturated carbocycles. The van der Waals surface area contributed by atoms with Gasteiger partial charge in [-0.25, -0.2) is 9.59 Å². The second-order valence-corrected chi connectivity index (χ2v) is 3.51. The zero-order chi connectivity index (χ0) is 24.8. The van der Waals surface area contributed by atoms with Gasteiger partial charge >= 0.3 is 12.2 Å². The van der Waals surface area contributed by atoms with E-state index in [9.17, 15) is 9.59 Å². The van der Waals surface area contributed by atoms with Crippen LogP contribution >= 0.6 is 0 Å². The maximum atomic E-state index is 12.0. The van der Waals surface area contributed by atoms with Crippen molar-refractivity contribution in [3.05, 3.63) is 0 Å². The molecule has 0 rings (SSSR count). The Kier molecular flexibility index (Phi) is 2.28. The van der Waals surface area contributed by atoms with Crippen molar-refractivity contribution in [1.82, 2.24) is 5.32 Å². The van der Waals surface area contributed by atoms with Crippen LogP contribution in [0.1, 0.15) is 56.8 Å². The molecule has 1 atom stereocenters. The SMILES string of the molecule is [2H]C(C)(C)NC(=O)OC([2H])([2H])C(C)(C([2H])([2H])OC(N)=O)C([2H])([2H])C([2H])([2H])C([2H])([2H])[2H]. The van der Waals surface area contributed by atoms with Crippen molar-refractivity contribution in [2.45, 2.75) is 46.4 Å². The summed E-state index contributed by atoms with van der Waals surface area (Å²) in [7, 11) is 0. The van der Waals surface area contributed by atoms with E-state index in [4.69, 9.17) is 22.2 Å². The molecule has 2 amide bonds. The second kappa shape index (κ2) is 7.79. The molecule has 0 heterocycles. The van der Waals surface area contributed by atoms with Crippen LogP contribution in [0, 0.1) is 5.41 Å². The van der Waals surface area contributed by atoms with E-state index < -0.39 is 56.3 Å². The summed E-state index contributed by atoms with van der Waals surface area (Å²) in [6, 6.07) is -1.71. The molecule has 0 aliphatic carbocycles. The molecule has 0 aliphatic rings. The Bertz CT molecular complexity index is 673. The monoisotopic (exact) mass is 272 g/mol. The van der Waals surface area contributed by atoms with Gasteiger partial charge in [0.05, 0.1) is 6.85 Å². The zero-order valence-electron chi connectivity index (χ0n) is 22.2. The van der Waals surface area contributed by atoms with Crippen LogP contribution in [-0.2, 0) is 9.47 Å². The summed E-state index contributed by atoms with van der Waals surface area (Å²) in [4.78, 5) is 23.1. The van der Waals surface area contributed by atoms with Crippen LogP contribution in [0.4, 0.5) is 9.59 Å². The van der Waals surface area contributed by atoms with E-state index in [1.807, 2.05) is 5.32 Å². The first-order valence-corrected chi connectivity index (χ1v) is 4.76. The highest BCUT2D eigenvalue weighted by Crippen LogP contribution is 2.24. The molecule has 0 radical (unpaired) electrons. The van der Waals surface area contributed by atoms with Crippen LogP contribution in [0.3, 0.4) is 0 Å². The fourth-order valence-electron chi connectivity index (χ4n) is 0.727. The van der Waals surface area contributed by atoms with Crippen LogP contribution in [0.15, 0.2) is 0 Å². The van der Waals surface area contributed by atoms with E-state index in [1.165, 1.54) is 0 Å². The lowest BCUT2D eigenvalue weighted by Crippen LogP contribution is -2.37. The number of carbonyl (C=O) groups excluding carboxylic acids is 2. The Hall–Kier alpha value is -1.46. The minimum atomic E-state index is -4.01. The molecule has 0 aromatic carbocycles. The molecule has 3 N–H and O–H groups in total. The van der Waals surface area contributed by atoms with Crippen LogP contribution < -0.4 is 11.1 Å². The molecule has 6 heteroatoms. The Morgan fingerprint density at radius 3 is 2.61 bits per heavy atom. The average molecular weight is 272 g/mol. The smallest absolute Gasteiger partial charge is 0.407 e. The standard InChI is InChI=1S/C12H24N2O4/c1-5-6-12(4,7-17-10(13)15)8-18-11(16)14-9(2)3/h9H,5-8H2,1-4H3,(H2,13,15)(H,14,16)/i1D3,5D2,6D2,7D2,8D2,9D. The lowest BCUT2D eigenvalue weighted by molar-refractivity contribution is 0.0333. The number of hydrogen-bond acceptors (Lipinski definition) is 4. The lowest BCUT2D eigenvalue weighted by atomic mass is 9.87. The lowest BCUT2D eigenvalue weighted by Gasteiger charge is -2.27. The van der Waals surface area contributed by atoms with Crippen LogP contribution in [0.5, 0.6) is 0 Å². The minimum absolute atomic E-state index is 0.360. The molecular formula is C12H24N2O4. The van der Waals surface area contributed by atoms with Crippen molar-refractivity contribution in [2.75, 3.05) is 13.1 Å². The third-order valence-electron chi connectivity index (χ3n) is 1.37. The van der Waals surface area contributed by atoms with E-state index in [0.717, 1.165) is 13.8 Å². The van der Waals surface area contributed by atoms with Gasteiger partial charge in [0.25, 0.3) is 0 Å². The maximum absolute atomic E-state index is 12.0. The van der Waals surface area contributed by atoms with Gasteiger partial charge in [-0.1, -0.05) is 20.1 Å². The van der Waals surface area contributed by atoms with E-state index in [-0.39, 0.29) is 0 Å². The third-order valence-corrected chi connectivity index (χ3v) is 1.37. The fourth-order valence-corrected chi connectivity index (χ4v) is 0.727. The number of alkyl carbamates (subject to hydrolysis) is 1. The highest BCUT2D eigenvalue weighted by Gasteiger charge is 2.27. The van der Waals surface area contributed by atoms with Crippen LogP contribution in [0.2, 0.25) is 0 Å². The van der Waals surface area contributed by atoms with Gasteiger partial charge < -0.3 is 20.5 Å². The molecule has 6 nitrogen and oxygen atoms in total. The Morgan fingerprint density at radius 2 is 2.11 bits per heavy atom. The molecule has 0 aromatic heterocycles. The van der Waals surface area contributed by atoms with E-state index >= 15 is 0 Å². The first-order valence-electron chi connectivity index (χ1n) is 10.8. The van der Waals surface area contributed by atoms with Crippen molar-refractivity contribution < 1.29 is 35.5 Å². The summed E-state index contributed by atoms with van der Waals surface area (Å²) in [5, 5.41) is 1.84. The van der Waals surface area contributed by atoms with Gasteiger partial charge in [0, 0.05) is 21.0 Å². The van der Waals surface area contributed by atoms with Gasteiger partial charge in [-0.2, -0.15) is 0 Å². The predicted molar refractivity (Wildman–Crippen MR) is 68.2 cm³/mol.